The summed E-state index contributed by atoms with van der Waals surface area (Å²) in [6.45, 7) is 0.0622. The normalized spacial score (nSPS) is 11.7. The summed E-state index contributed by atoms with van der Waals surface area (Å²) in [6.07, 6.45) is 2.85. The number of anilines is 1. The highest BCUT2D eigenvalue weighted by atomic mass is 32.2. The molecule has 0 amide bonds. The van der Waals surface area contributed by atoms with Gasteiger partial charge in [-0.05, 0) is 24.3 Å². The van der Waals surface area contributed by atoms with Crippen molar-refractivity contribution in [2.75, 3.05) is 12.8 Å². The summed E-state index contributed by atoms with van der Waals surface area (Å²) in [5.41, 5.74) is 6.08. The van der Waals surface area contributed by atoms with E-state index >= 15 is 0 Å². The van der Waals surface area contributed by atoms with Crippen molar-refractivity contribution in [3.63, 3.8) is 0 Å². The monoisotopic (exact) mass is 310 g/mol. The summed E-state index contributed by atoms with van der Waals surface area (Å²) in [5, 5.41) is 9.12. The number of carbonyl (C=O) groups is 1. The number of carboxylic acids is 1. The Hall–Kier alpha value is -2.32. The van der Waals surface area contributed by atoms with Gasteiger partial charge >= 0.3 is 5.97 Å². The van der Waals surface area contributed by atoms with Crippen LogP contribution in [0.15, 0.2) is 46.1 Å². The molecule has 0 bridgehead atoms. The van der Waals surface area contributed by atoms with Crippen LogP contribution in [0.1, 0.15) is 15.9 Å². The van der Waals surface area contributed by atoms with Gasteiger partial charge in [-0.3, -0.25) is 0 Å². The maximum Gasteiger partial charge on any atom is 0.337 e. The van der Waals surface area contributed by atoms with Crippen LogP contribution in [0.4, 0.5) is 5.69 Å². The highest BCUT2D eigenvalue weighted by Gasteiger charge is 2.27. The van der Waals surface area contributed by atoms with Crippen LogP contribution in [0.2, 0.25) is 0 Å². The molecule has 1 aromatic heterocycles. The van der Waals surface area contributed by atoms with E-state index in [1.165, 1.54) is 31.7 Å². The molecule has 0 unspecified atom stereocenters. The van der Waals surface area contributed by atoms with Gasteiger partial charge in [0.2, 0.25) is 10.0 Å². The first-order valence-electron chi connectivity index (χ1n) is 5.92. The van der Waals surface area contributed by atoms with Gasteiger partial charge in [-0.1, -0.05) is 0 Å². The van der Waals surface area contributed by atoms with Crippen LogP contribution in [-0.4, -0.2) is 30.8 Å². The van der Waals surface area contributed by atoms with Crippen LogP contribution in [0.25, 0.3) is 0 Å². The van der Waals surface area contributed by atoms with Gasteiger partial charge in [0, 0.05) is 24.8 Å². The Bertz CT molecular complexity index is 753. The number of nitrogen functional groups attached to an aromatic ring is 1. The van der Waals surface area contributed by atoms with E-state index in [1.54, 1.807) is 6.07 Å². The maximum absolute atomic E-state index is 12.5. The molecule has 112 valence electrons. The first-order chi connectivity index (χ1) is 9.82. The predicted octanol–water partition coefficient (Wildman–Crippen LogP) is 1.38. The van der Waals surface area contributed by atoms with Crippen LogP contribution in [0.5, 0.6) is 0 Å². The van der Waals surface area contributed by atoms with Crippen molar-refractivity contribution < 1.29 is 22.7 Å². The molecule has 0 spiro atoms. The molecule has 0 aliphatic carbocycles. The summed E-state index contributed by atoms with van der Waals surface area (Å²) in [4.78, 5) is 10.8. The van der Waals surface area contributed by atoms with E-state index in [2.05, 4.69) is 0 Å². The average Bonchev–Trinajstić information content (AvgIpc) is 2.91. The van der Waals surface area contributed by atoms with Crippen molar-refractivity contribution in [3.05, 3.63) is 47.9 Å². The predicted molar refractivity (Wildman–Crippen MR) is 75.2 cm³/mol. The third-order valence-corrected chi connectivity index (χ3v) is 4.75. The lowest BCUT2D eigenvalue weighted by Crippen LogP contribution is -2.28. The Kier molecular flexibility index (Phi) is 4.01. The van der Waals surface area contributed by atoms with Crippen molar-refractivity contribution in [2.24, 2.45) is 0 Å². The number of rotatable bonds is 5. The van der Waals surface area contributed by atoms with E-state index in [0.29, 0.717) is 5.56 Å². The molecule has 8 heteroatoms. The van der Waals surface area contributed by atoms with Crippen LogP contribution in [-0.2, 0) is 16.6 Å². The smallest absolute Gasteiger partial charge is 0.337 e. The van der Waals surface area contributed by atoms with Crippen LogP contribution < -0.4 is 5.73 Å². The fraction of sp³-hybridized carbons (Fsp3) is 0.154. The number of nitrogens with zero attached hydrogens (tertiary/aromatic N) is 1. The zero-order chi connectivity index (χ0) is 15.6. The molecule has 0 atom stereocenters. The Labute approximate surface area is 121 Å². The summed E-state index contributed by atoms with van der Waals surface area (Å²) in [6, 6.07) is 5.29. The summed E-state index contributed by atoms with van der Waals surface area (Å²) >= 11 is 0. The minimum absolute atomic E-state index is 0.0622. The quantitative estimate of drug-likeness (QED) is 0.806. The Balaban J connectivity index is 2.43. The van der Waals surface area contributed by atoms with Crippen LogP contribution in [0.3, 0.4) is 0 Å². The number of carboxylic acid groups (broad SMARTS) is 1. The molecule has 21 heavy (non-hydrogen) atoms. The molecule has 0 aliphatic heterocycles. The molecule has 7 nitrogen and oxygen atoms in total. The van der Waals surface area contributed by atoms with Gasteiger partial charge in [0.1, 0.15) is 0 Å². The molecule has 1 heterocycles. The van der Waals surface area contributed by atoms with Crippen molar-refractivity contribution in [1.29, 1.82) is 0 Å². The zero-order valence-electron chi connectivity index (χ0n) is 11.2. The molecule has 0 radical (unpaired) electrons. The molecule has 2 aromatic rings. The lowest BCUT2D eigenvalue weighted by molar-refractivity contribution is 0.0692. The highest BCUT2D eigenvalue weighted by molar-refractivity contribution is 7.89. The third kappa shape index (κ3) is 3.06. The van der Waals surface area contributed by atoms with Gasteiger partial charge in [0.15, 0.2) is 0 Å². The number of sulfonamides is 1. The molecular formula is C13H14N2O5S. The Morgan fingerprint density at radius 3 is 2.67 bits per heavy atom. The topological polar surface area (TPSA) is 114 Å². The molecule has 0 saturated carbocycles. The number of hydrogen-bond donors (Lipinski definition) is 2. The molecule has 2 rings (SSSR count). The number of aromatic carboxylic acids is 1. The largest absolute Gasteiger partial charge is 0.478 e. The first kappa shape index (κ1) is 15.1. The molecule has 1 aromatic carbocycles. The minimum Gasteiger partial charge on any atom is -0.478 e. The number of nitrogens with two attached hydrogens (primary N) is 1. The van der Waals surface area contributed by atoms with Gasteiger partial charge in [-0.2, -0.15) is 4.31 Å². The van der Waals surface area contributed by atoms with Gasteiger partial charge < -0.3 is 15.3 Å². The molecule has 0 saturated heterocycles. The summed E-state index contributed by atoms with van der Waals surface area (Å²) in [5.74, 6) is -1.33. The average molecular weight is 310 g/mol. The second-order valence-corrected chi connectivity index (χ2v) is 6.47. The van der Waals surface area contributed by atoms with Crippen molar-refractivity contribution in [2.45, 2.75) is 11.4 Å². The van der Waals surface area contributed by atoms with E-state index in [0.717, 1.165) is 10.4 Å². The second-order valence-electron chi connectivity index (χ2n) is 4.45. The SMILES string of the molecule is CN(Cc1ccoc1)S(=O)(=O)c1cc(N)ccc1C(=O)O. The van der Waals surface area contributed by atoms with Gasteiger partial charge in [0.25, 0.3) is 0 Å². The summed E-state index contributed by atoms with van der Waals surface area (Å²) < 4.78 is 30.9. The third-order valence-electron chi connectivity index (χ3n) is 2.91. The minimum atomic E-state index is -3.98. The van der Waals surface area contributed by atoms with Crippen molar-refractivity contribution in [1.82, 2.24) is 4.31 Å². The Morgan fingerprint density at radius 2 is 2.10 bits per heavy atom. The molecule has 0 fully saturated rings. The lowest BCUT2D eigenvalue weighted by atomic mass is 10.2. The number of hydrogen-bond acceptors (Lipinski definition) is 5. The van der Waals surface area contributed by atoms with E-state index in [9.17, 15) is 13.2 Å². The fourth-order valence-corrected chi connectivity index (χ4v) is 3.19. The van der Waals surface area contributed by atoms with Gasteiger partial charge in [0.05, 0.1) is 23.0 Å². The van der Waals surface area contributed by atoms with Crippen LogP contribution in [0, 0.1) is 0 Å². The number of furan rings is 1. The molecular weight excluding hydrogens is 296 g/mol. The first-order valence-corrected chi connectivity index (χ1v) is 7.36. The van der Waals surface area contributed by atoms with Crippen molar-refractivity contribution >= 4 is 21.7 Å². The van der Waals surface area contributed by atoms with Gasteiger partial charge in [-0.25, -0.2) is 13.2 Å². The van der Waals surface area contributed by atoms with E-state index < -0.39 is 16.0 Å². The standard InChI is InChI=1S/C13H14N2O5S/c1-15(7-9-4-5-20-8-9)21(18,19)12-6-10(14)2-3-11(12)13(16)17/h2-6,8H,7,14H2,1H3,(H,16,17). The molecule has 3 N–H and O–H groups in total. The van der Waals surface area contributed by atoms with E-state index in [1.807, 2.05) is 0 Å². The molecule has 0 aliphatic rings. The Morgan fingerprint density at radius 1 is 1.38 bits per heavy atom. The lowest BCUT2D eigenvalue weighted by Gasteiger charge is -2.18. The van der Waals surface area contributed by atoms with Crippen LogP contribution >= 0.6 is 0 Å². The van der Waals surface area contributed by atoms with Crippen molar-refractivity contribution in [3.8, 4) is 0 Å². The highest BCUT2D eigenvalue weighted by Crippen LogP contribution is 2.23. The zero-order valence-corrected chi connectivity index (χ0v) is 12.0. The fourth-order valence-electron chi connectivity index (χ4n) is 1.82. The van der Waals surface area contributed by atoms with Gasteiger partial charge in [-0.15, -0.1) is 0 Å². The summed E-state index contributed by atoms with van der Waals surface area (Å²) in [7, 11) is -2.62. The second kappa shape index (κ2) is 5.58. The number of benzene rings is 1. The van der Waals surface area contributed by atoms with E-state index in [-0.39, 0.29) is 22.7 Å². The van der Waals surface area contributed by atoms with E-state index in [4.69, 9.17) is 15.3 Å². The maximum atomic E-state index is 12.5.